The average molecular weight is 309 g/mol. The van der Waals surface area contributed by atoms with Crippen LogP contribution >= 0.6 is 15.9 Å². The molecule has 18 heavy (non-hydrogen) atoms. The van der Waals surface area contributed by atoms with E-state index in [0.29, 0.717) is 23.8 Å². The highest BCUT2D eigenvalue weighted by molar-refractivity contribution is 9.10. The fourth-order valence-electron chi connectivity index (χ4n) is 1.50. The van der Waals surface area contributed by atoms with E-state index in [9.17, 15) is 0 Å². The van der Waals surface area contributed by atoms with Crippen molar-refractivity contribution in [1.29, 1.82) is 0 Å². The maximum absolute atomic E-state index is 5.72. The highest BCUT2D eigenvalue weighted by Gasteiger charge is 2.05. The van der Waals surface area contributed by atoms with Crippen LogP contribution in [0.4, 0.5) is 5.69 Å². The lowest BCUT2D eigenvalue weighted by Crippen LogP contribution is -1.99. The van der Waals surface area contributed by atoms with Gasteiger partial charge in [0.15, 0.2) is 11.5 Å². The van der Waals surface area contributed by atoms with E-state index in [4.69, 9.17) is 15.2 Å². The molecule has 0 bridgehead atoms. The molecule has 5 heteroatoms. The molecular formula is C13H13BrN2O2. The lowest BCUT2D eigenvalue weighted by molar-refractivity contribution is 0.284. The quantitative estimate of drug-likeness (QED) is 0.882. The van der Waals surface area contributed by atoms with Crippen molar-refractivity contribution in [3.63, 3.8) is 0 Å². The highest BCUT2D eigenvalue weighted by atomic mass is 79.9. The summed E-state index contributed by atoms with van der Waals surface area (Å²) in [5.41, 5.74) is 7.32. The maximum atomic E-state index is 5.72. The van der Waals surface area contributed by atoms with Crippen molar-refractivity contribution in [3.05, 3.63) is 46.7 Å². The molecule has 4 nitrogen and oxygen atoms in total. The van der Waals surface area contributed by atoms with Gasteiger partial charge < -0.3 is 15.2 Å². The molecule has 0 unspecified atom stereocenters. The number of ether oxygens (including phenoxy) is 2. The normalized spacial score (nSPS) is 10.1. The number of methoxy groups -OCH3 is 1. The fourth-order valence-corrected chi connectivity index (χ4v) is 1.91. The zero-order valence-corrected chi connectivity index (χ0v) is 11.5. The summed E-state index contributed by atoms with van der Waals surface area (Å²) < 4.78 is 11.8. The number of hydrogen-bond acceptors (Lipinski definition) is 4. The van der Waals surface area contributed by atoms with Gasteiger partial charge in [-0.2, -0.15) is 0 Å². The van der Waals surface area contributed by atoms with E-state index in [1.165, 1.54) is 0 Å². The Bertz CT molecular complexity index is 546. The van der Waals surface area contributed by atoms with E-state index in [0.717, 1.165) is 10.0 Å². The fraction of sp³-hybridized carbons (Fsp3) is 0.154. The van der Waals surface area contributed by atoms with Gasteiger partial charge in [-0.15, -0.1) is 0 Å². The van der Waals surface area contributed by atoms with E-state index in [1.807, 2.05) is 6.07 Å². The monoisotopic (exact) mass is 308 g/mol. The molecule has 94 valence electrons. The van der Waals surface area contributed by atoms with Crippen molar-refractivity contribution in [3.8, 4) is 11.5 Å². The number of halogens is 1. The number of nitrogens with two attached hydrogens (primary N) is 1. The Morgan fingerprint density at radius 1 is 1.22 bits per heavy atom. The first-order chi connectivity index (χ1) is 8.69. The molecule has 0 aliphatic heterocycles. The Morgan fingerprint density at radius 3 is 2.78 bits per heavy atom. The molecule has 2 aromatic rings. The van der Waals surface area contributed by atoms with E-state index < -0.39 is 0 Å². The van der Waals surface area contributed by atoms with Crippen LogP contribution in [-0.4, -0.2) is 12.1 Å². The molecule has 0 radical (unpaired) electrons. The molecule has 0 fully saturated rings. The minimum absolute atomic E-state index is 0.409. The topological polar surface area (TPSA) is 57.4 Å². The summed E-state index contributed by atoms with van der Waals surface area (Å²) in [4.78, 5) is 4.07. The lowest BCUT2D eigenvalue weighted by atomic mass is 10.2. The van der Waals surface area contributed by atoms with Crippen molar-refractivity contribution in [1.82, 2.24) is 4.98 Å². The van der Waals surface area contributed by atoms with Crippen LogP contribution in [0.3, 0.4) is 0 Å². The number of aromatic nitrogens is 1. The second-order valence-corrected chi connectivity index (χ2v) is 4.63. The van der Waals surface area contributed by atoms with Crippen LogP contribution in [0.1, 0.15) is 5.56 Å². The molecule has 0 aliphatic rings. The van der Waals surface area contributed by atoms with Crippen LogP contribution in [0, 0.1) is 0 Å². The first-order valence-electron chi connectivity index (χ1n) is 5.35. The van der Waals surface area contributed by atoms with Crippen molar-refractivity contribution in [2.75, 3.05) is 12.8 Å². The van der Waals surface area contributed by atoms with Gasteiger partial charge in [-0.05, 0) is 34.1 Å². The van der Waals surface area contributed by atoms with Gasteiger partial charge in [0.05, 0.1) is 7.11 Å². The Labute approximate surface area is 114 Å². The molecule has 2 rings (SSSR count). The summed E-state index contributed by atoms with van der Waals surface area (Å²) in [7, 11) is 1.60. The molecule has 0 aliphatic carbocycles. The minimum atomic E-state index is 0.409. The molecule has 0 saturated heterocycles. The standard InChI is InChI=1S/C13H13BrN2O2/c1-17-12-3-2-11(15)5-13(12)18-8-9-4-10(14)7-16-6-9/h2-7H,8,15H2,1H3. The van der Waals surface area contributed by atoms with E-state index >= 15 is 0 Å². The zero-order valence-electron chi connectivity index (χ0n) is 9.89. The van der Waals surface area contributed by atoms with Gasteiger partial charge in [-0.25, -0.2) is 0 Å². The van der Waals surface area contributed by atoms with Crippen LogP contribution in [-0.2, 0) is 6.61 Å². The SMILES string of the molecule is COc1ccc(N)cc1OCc1cncc(Br)c1. The zero-order chi connectivity index (χ0) is 13.0. The molecule has 1 aromatic heterocycles. The molecule has 1 aromatic carbocycles. The smallest absolute Gasteiger partial charge is 0.163 e. The summed E-state index contributed by atoms with van der Waals surface area (Å²) in [6.07, 6.45) is 3.48. The van der Waals surface area contributed by atoms with Gasteiger partial charge in [0.25, 0.3) is 0 Å². The Balaban J connectivity index is 2.12. The maximum Gasteiger partial charge on any atom is 0.163 e. The number of rotatable bonds is 4. The van der Waals surface area contributed by atoms with Crippen LogP contribution in [0.25, 0.3) is 0 Å². The Morgan fingerprint density at radius 2 is 2.06 bits per heavy atom. The third kappa shape index (κ3) is 3.13. The molecule has 0 spiro atoms. The van der Waals surface area contributed by atoms with Gasteiger partial charge >= 0.3 is 0 Å². The van der Waals surface area contributed by atoms with Gasteiger partial charge in [0.1, 0.15) is 6.61 Å². The van der Waals surface area contributed by atoms with Gasteiger partial charge in [0, 0.05) is 34.2 Å². The Kier molecular flexibility index (Phi) is 4.04. The number of pyridine rings is 1. The van der Waals surface area contributed by atoms with E-state index in [-0.39, 0.29) is 0 Å². The second-order valence-electron chi connectivity index (χ2n) is 3.71. The summed E-state index contributed by atoms with van der Waals surface area (Å²) in [6.45, 7) is 0.409. The largest absolute Gasteiger partial charge is 0.493 e. The predicted octanol–water partition coefficient (Wildman–Crippen LogP) is 3.01. The first kappa shape index (κ1) is 12.7. The number of anilines is 1. The van der Waals surface area contributed by atoms with E-state index in [2.05, 4.69) is 20.9 Å². The summed E-state index contributed by atoms with van der Waals surface area (Å²) in [6, 6.07) is 7.24. The van der Waals surface area contributed by atoms with Gasteiger partial charge in [-0.3, -0.25) is 4.98 Å². The van der Waals surface area contributed by atoms with Crippen molar-refractivity contribution < 1.29 is 9.47 Å². The van der Waals surface area contributed by atoms with Crippen molar-refractivity contribution >= 4 is 21.6 Å². The molecule has 0 saturated carbocycles. The van der Waals surface area contributed by atoms with Crippen LogP contribution in [0.2, 0.25) is 0 Å². The average Bonchev–Trinajstić information content (AvgIpc) is 2.37. The number of nitrogen functional groups attached to an aromatic ring is 1. The van der Waals surface area contributed by atoms with Crippen LogP contribution < -0.4 is 15.2 Å². The van der Waals surface area contributed by atoms with Crippen molar-refractivity contribution in [2.45, 2.75) is 6.61 Å². The number of hydrogen-bond donors (Lipinski definition) is 1. The van der Waals surface area contributed by atoms with E-state index in [1.54, 1.807) is 37.7 Å². The van der Waals surface area contributed by atoms with Crippen LogP contribution in [0.5, 0.6) is 11.5 Å². The molecule has 0 atom stereocenters. The van der Waals surface area contributed by atoms with Gasteiger partial charge in [0.2, 0.25) is 0 Å². The van der Waals surface area contributed by atoms with Gasteiger partial charge in [-0.1, -0.05) is 0 Å². The third-order valence-electron chi connectivity index (χ3n) is 2.34. The predicted molar refractivity (Wildman–Crippen MR) is 73.7 cm³/mol. The molecule has 1 heterocycles. The Hall–Kier alpha value is -1.75. The molecule has 0 amide bonds. The summed E-state index contributed by atoms with van der Waals surface area (Å²) in [5.74, 6) is 1.28. The number of nitrogens with zero attached hydrogens (tertiary/aromatic N) is 1. The summed E-state index contributed by atoms with van der Waals surface area (Å²) in [5, 5.41) is 0. The second kappa shape index (κ2) is 5.73. The molecule has 2 N–H and O–H groups in total. The third-order valence-corrected chi connectivity index (χ3v) is 2.78. The number of benzene rings is 1. The summed E-state index contributed by atoms with van der Waals surface area (Å²) >= 11 is 3.37. The van der Waals surface area contributed by atoms with Crippen molar-refractivity contribution in [2.24, 2.45) is 0 Å². The molecular weight excluding hydrogens is 296 g/mol. The van der Waals surface area contributed by atoms with Crippen LogP contribution in [0.15, 0.2) is 41.1 Å². The lowest BCUT2D eigenvalue weighted by Gasteiger charge is -2.11. The first-order valence-corrected chi connectivity index (χ1v) is 6.14. The highest BCUT2D eigenvalue weighted by Crippen LogP contribution is 2.29. The minimum Gasteiger partial charge on any atom is -0.493 e.